The summed E-state index contributed by atoms with van der Waals surface area (Å²) in [6, 6.07) is 2.36. The van der Waals surface area contributed by atoms with Crippen LogP contribution in [0.25, 0.3) is 0 Å². The Labute approximate surface area is 113 Å². The first-order chi connectivity index (χ1) is 9.40. The van der Waals surface area contributed by atoms with Crippen LogP contribution in [0.1, 0.15) is 0 Å². The zero-order valence-electron chi connectivity index (χ0n) is 10.1. The van der Waals surface area contributed by atoms with Crippen LogP contribution in [0.5, 0.6) is 0 Å². The highest BCUT2D eigenvalue weighted by Crippen LogP contribution is 2.18. The third kappa shape index (κ3) is 3.31. The SMILES string of the molecule is O=S(=O)(Nc1cc(F)cc(F)c1)c1cnn(CCO)c1. The van der Waals surface area contributed by atoms with Gasteiger partial charge in [0.25, 0.3) is 10.0 Å². The fourth-order valence-electron chi connectivity index (χ4n) is 1.53. The van der Waals surface area contributed by atoms with Gasteiger partial charge >= 0.3 is 0 Å². The summed E-state index contributed by atoms with van der Waals surface area (Å²) in [6.45, 7) is -0.0478. The highest BCUT2D eigenvalue weighted by molar-refractivity contribution is 7.92. The molecule has 0 atom stereocenters. The van der Waals surface area contributed by atoms with Crippen LogP contribution >= 0.6 is 0 Å². The molecule has 0 unspecified atom stereocenters. The second-order valence-electron chi connectivity index (χ2n) is 3.93. The van der Waals surface area contributed by atoms with E-state index in [0.29, 0.717) is 6.07 Å². The molecule has 108 valence electrons. The van der Waals surface area contributed by atoms with Crippen LogP contribution in [-0.2, 0) is 16.6 Å². The van der Waals surface area contributed by atoms with Crippen molar-refractivity contribution in [3.05, 3.63) is 42.2 Å². The number of nitrogens with one attached hydrogen (secondary N) is 1. The minimum absolute atomic E-state index is 0.143. The number of aliphatic hydroxyl groups is 1. The van der Waals surface area contributed by atoms with Crippen molar-refractivity contribution in [2.45, 2.75) is 11.4 Å². The van der Waals surface area contributed by atoms with Crippen LogP contribution < -0.4 is 4.72 Å². The molecule has 0 aliphatic carbocycles. The number of nitrogens with zero attached hydrogens (tertiary/aromatic N) is 2. The van der Waals surface area contributed by atoms with E-state index in [2.05, 4.69) is 5.10 Å². The van der Waals surface area contributed by atoms with Crippen molar-refractivity contribution in [2.24, 2.45) is 0 Å². The average molecular weight is 303 g/mol. The fourth-order valence-corrected chi connectivity index (χ4v) is 2.53. The van der Waals surface area contributed by atoms with Crippen LogP contribution in [0.15, 0.2) is 35.5 Å². The molecule has 0 aliphatic rings. The van der Waals surface area contributed by atoms with E-state index in [1.807, 2.05) is 4.72 Å². The number of sulfonamides is 1. The third-order valence-corrected chi connectivity index (χ3v) is 3.70. The molecule has 20 heavy (non-hydrogen) atoms. The normalized spacial score (nSPS) is 11.6. The summed E-state index contributed by atoms with van der Waals surface area (Å²) in [5, 5.41) is 12.5. The van der Waals surface area contributed by atoms with Gasteiger partial charge in [-0.25, -0.2) is 17.2 Å². The minimum atomic E-state index is -3.99. The molecule has 1 aromatic carbocycles. The largest absolute Gasteiger partial charge is 0.394 e. The molecule has 0 amide bonds. The molecular weight excluding hydrogens is 292 g/mol. The van der Waals surface area contributed by atoms with Gasteiger partial charge < -0.3 is 5.11 Å². The second kappa shape index (κ2) is 5.55. The van der Waals surface area contributed by atoms with Gasteiger partial charge in [0.2, 0.25) is 0 Å². The Morgan fingerprint density at radius 3 is 2.50 bits per heavy atom. The first-order valence-electron chi connectivity index (χ1n) is 5.53. The van der Waals surface area contributed by atoms with Gasteiger partial charge in [-0.1, -0.05) is 0 Å². The summed E-state index contributed by atoms with van der Waals surface area (Å²) >= 11 is 0. The molecule has 0 aliphatic heterocycles. The number of hydrogen-bond donors (Lipinski definition) is 2. The smallest absolute Gasteiger partial charge is 0.265 e. The number of rotatable bonds is 5. The number of benzene rings is 1. The lowest BCUT2D eigenvalue weighted by molar-refractivity contribution is 0.269. The number of aromatic nitrogens is 2. The first kappa shape index (κ1) is 14.4. The number of anilines is 1. The van der Waals surface area contributed by atoms with Crippen molar-refractivity contribution in [1.29, 1.82) is 0 Å². The van der Waals surface area contributed by atoms with Crippen LogP contribution in [0.4, 0.5) is 14.5 Å². The molecule has 6 nitrogen and oxygen atoms in total. The quantitative estimate of drug-likeness (QED) is 0.861. The molecule has 0 bridgehead atoms. The van der Waals surface area contributed by atoms with Crippen LogP contribution in [-0.4, -0.2) is 29.9 Å². The number of halogens is 2. The molecule has 1 heterocycles. The molecule has 2 aromatic rings. The van der Waals surface area contributed by atoms with Crippen molar-refractivity contribution >= 4 is 15.7 Å². The van der Waals surface area contributed by atoms with Crippen molar-refractivity contribution in [3.8, 4) is 0 Å². The summed E-state index contributed by atoms with van der Waals surface area (Å²) < 4.78 is 53.2. The lowest BCUT2D eigenvalue weighted by Gasteiger charge is -2.06. The van der Waals surface area contributed by atoms with E-state index in [1.54, 1.807) is 0 Å². The van der Waals surface area contributed by atoms with E-state index in [4.69, 9.17) is 5.11 Å². The topological polar surface area (TPSA) is 84.2 Å². The highest BCUT2D eigenvalue weighted by Gasteiger charge is 2.17. The predicted molar refractivity (Wildman–Crippen MR) is 66.5 cm³/mol. The number of hydrogen-bond acceptors (Lipinski definition) is 4. The Balaban J connectivity index is 2.25. The Bertz CT molecular complexity index is 695. The Hall–Kier alpha value is -2.00. The monoisotopic (exact) mass is 303 g/mol. The standard InChI is InChI=1S/C11H11F2N3O3S/c12-8-3-9(13)5-10(4-8)15-20(18,19)11-6-14-16(7-11)1-2-17/h3-7,15,17H,1-2H2. The minimum Gasteiger partial charge on any atom is -0.394 e. The van der Waals surface area contributed by atoms with E-state index in [0.717, 1.165) is 18.3 Å². The lowest BCUT2D eigenvalue weighted by Crippen LogP contribution is -2.12. The van der Waals surface area contributed by atoms with Crippen LogP contribution in [0.3, 0.4) is 0 Å². The van der Waals surface area contributed by atoms with Gasteiger partial charge in [0, 0.05) is 12.3 Å². The predicted octanol–water partition coefficient (Wildman–Crippen LogP) is 0.954. The van der Waals surface area contributed by atoms with E-state index in [9.17, 15) is 17.2 Å². The molecular formula is C11H11F2N3O3S. The van der Waals surface area contributed by atoms with E-state index in [1.165, 1.54) is 10.9 Å². The van der Waals surface area contributed by atoms with E-state index in [-0.39, 0.29) is 23.7 Å². The zero-order valence-corrected chi connectivity index (χ0v) is 10.9. The zero-order chi connectivity index (χ0) is 14.8. The van der Waals surface area contributed by atoms with Crippen LogP contribution in [0.2, 0.25) is 0 Å². The summed E-state index contributed by atoms with van der Waals surface area (Å²) in [5.74, 6) is -1.78. The van der Waals surface area contributed by atoms with Gasteiger partial charge in [-0.3, -0.25) is 9.40 Å². The molecule has 0 fully saturated rings. The van der Waals surface area contributed by atoms with Crippen molar-refractivity contribution in [3.63, 3.8) is 0 Å². The molecule has 0 saturated carbocycles. The molecule has 0 radical (unpaired) electrons. The second-order valence-corrected chi connectivity index (χ2v) is 5.61. The molecule has 0 saturated heterocycles. The molecule has 1 aromatic heterocycles. The maximum Gasteiger partial charge on any atom is 0.265 e. The van der Waals surface area contributed by atoms with Crippen molar-refractivity contribution < 1.29 is 22.3 Å². The van der Waals surface area contributed by atoms with Gasteiger partial charge in [-0.05, 0) is 12.1 Å². The average Bonchev–Trinajstić information content (AvgIpc) is 2.76. The van der Waals surface area contributed by atoms with Crippen molar-refractivity contribution in [1.82, 2.24) is 9.78 Å². The van der Waals surface area contributed by atoms with Gasteiger partial charge in [-0.15, -0.1) is 0 Å². The Morgan fingerprint density at radius 1 is 1.25 bits per heavy atom. The maximum absolute atomic E-state index is 13.0. The Morgan fingerprint density at radius 2 is 1.90 bits per heavy atom. The van der Waals surface area contributed by atoms with Gasteiger partial charge in [0.15, 0.2) is 0 Å². The summed E-state index contributed by atoms with van der Waals surface area (Å²) in [7, 11) is -3.99. The third-order valence-electron chi connectivity index (χ3n) is 2.36. The van der Waals surface area contributed by atoms with Gasteiger partial charge in [-0.2, -0.15) is 5.10 Å². The van der Waals surface area contributed by atoms with E-state index < -0.39 is 21.7 Å². The maximum atomic E-state index is 13.0. The fraction of sp³-hybridized carbons (Fsp3) is 0.182. The highest BCUT2D eigenvalue weighted by atomic mass is 32.2. The van der Waals surface area contributed by atoms with Crippen LogP contribution in [0, 0.1) is 11.6 Å². The number of aliphatic hydroxyl groups excluding tert-OH is 1. The summed E-state index contributed by atoms with van der Waals surface area (Å²) in [6.07, 6.45) is 2.28. The summed E-state index contributed by atoms with van der Waals surface area (Å²) in [5.41, 5.74) is -0.225. The van der Waals surface area contributed by atoms with Gasteiger partial charge in [0.05, 0.1) is 25.0 Å². The first-order valence-corrected chi connectivity index (χ1v) is 7.01. The summed E-state index contributed by atoms with van der Waals surface area (Å²) in [4.78, 5) is -0.171. The molecule has 0 spiro atoms. The van der Waals surface area contributed by atoms with Gasteiger partial charge in [0.1, 0.15) is 16.5 Å². The molecule has 2 N–H and O–H groups in total. The molecule has 2 rings (SSSR count). The molecule has 9 heteroatoms. The Kier molecular flexibility index (Phi) is 4.00. The van der Waals surface area contributed by atoms with Crippen molar-refractivity contribution in [2.75, 3.05) is 11.3 Å². The van der Waals surface area contributed by atoms with E-state index >= 15 is 0 Å². The lowest BCUT2D eigenvalue weighted by atomic mass is 10.3.